The van der Waals surface area contributed by atoms with Gasteiger partial charge in [0.15, 0.2) is 0 Å². The molecule has 0 unspecified atom stereocenters. The zero-order valence-electron chi connectivity index (χ0n) is 26.0. The van der Waals surface area contributed by atoms with Gasteiger partial charge >= 0.3 is 0 Å². The molecule has 0 saturated heterocycles. The Balaban J connectivity index is 1.29. The summed E-state index contributed by atoms with van der Waals surface area (Å²) in [4.78, 5) is 0. The first kappa shape index (κ1) is 27.6. The first-order chi connectivity index (χ1) is 23.8. The predicted octanol–water partition coefficient (Wildman–Crippen LogP) is 14.3. The van der Waals surface area contributed by atoms with E-state index in [-0.39, 0.29) is 0 Å². The maximum Gasteiger partial charge on any atom is 0.0441 e. The van der Waals surface area contributed by atoms with Crippen molar-refractivity contribution in [3.05, 3.63) is 170 Å². The van der Waals surface area contributed by atoms with Crippen LogP contribution in [0.4, 0.5) is 0 Å². The Labute approximate surface area is 286 Å². The molecule has 48 heavy (non-hydrogen) atoms. The second-order valence-electron chi connectivity index (χ2n) is 12.4. The van der Waals surface area contributed by atoms with Gasteiger partial charge in [0, 0.05) is 51.1 Å². The molecule has 0 spiro atoms. The van der Waals surface area contributed by atoms with Gasteiger partial charge in [-0.1, -0.05) is 158 Å². The van der Waals surface area contributed by atoms with Gasteiger partial charge in [0.1, 0.15) is 0 Å². The van der Waals surface area contributed by atoms with E-state index in [2.05, 4.69) is 170 Å². The van der Waals surface area contributed by atoms with Crippen LogP contribution in [0.15, 0.2) is 170 Å². The quantitative estimate of drug-likeness (QED) is 0.176. The lowest BCUT2D eigenvalue weighted by Gasteiger charge is -2.11. The standard InChI is InChI=1S/C46H28S2/c1-2-4-18-35(34-24-13-15-29-14-5-6-17-31(29)34)36-20-8-7-19-33(36)32(16-3-1)30-26-27-40-42(28-30)48-46-38-22-10-9-21-37(38)45-43(44(40)46)39-23-11-12-25-41(39)47-45/h1-28H. The molecular weight excluding hydrogens is 617 g/mol. The number of fused-ring (bicyclic) bond motifs is 12. The van der Waals surface area contributed by atoms with Crippen molar-refractivity contribution in [3.63, 3.8) is 0 Å². The van der Waals surface area contributed by atoms with E-state index < -0.39 is 0 Å². The van der Waals surface area contributed by atoms with Crippen LogP contribution in [0.3, 0.4) is 0 Å². The second-order valence-corrected chi connectivity index (χ2v) is 14.5. The molecule has 0 fully saturated rings. The maximum atomic E-state index is 2.43. The highest BCUT2D eigenvalue weighted by atomic mass is 32.1. The summed E-state index contributed by atoms with van der Waals surface area (Å²) in [6.07, 6.45) is 0. The number of benzene rings is 7. The third kappa shape index (κ3) is 4.20. The molecule has 0 N–H and O–H groups in total. The van der Waals surface area contributed by atoms with Crippen LogP contribution >= 0.6 is 22.7 Å². The fraction of sp³-hybridized carbons (Fsp3) is 0. The molecule has 2 aromatic heterocycles. The van der Waals surface area contributed by atoms with Crippen LogP contribution in [0, 0.1) is 0 Å². The predicted molar refractivity (Wildman–Crippen MR) is 213 cm³/mol. The van der Waals surface area contributed by atoms with E-state index in [1.807, 2.05) is 22.7 Å². The summed E-state index contributed by atoms with van der Waals surface area (Å²) in [5.41, 5.74) is 4.91. The normalized spacial score (nSPS) is 11.8. The summed E-state index contributed by atoms with van der Waals surface area (Å²) in [5.74, 6) is 0. The van der Waals surface area contributed by atoms with Crippen LogP contribution in [0.5, 0.6) is 0 Å². The van der Waals surface area contributed by atoms with Crippen molar-refractivity contribution in [2.45, 2.75) is 0 Å². The van der Waals surface area contributed by atoms with Crippen molar-refractivity contribution in [2.75, 3.05) is 0 Å². The molecule has 0 radical (unpaired) electrons. The van der Waals surface area contributed by atoms with E-state index in [9.17, 15) is 0 Å². The first-order valence-electron chi connectivity index (χ1n) is 16.4. The van der Waals surface area contributed by atoms with Crippen LogP contribution in [-0.2, 0) is 0 Å². The highest BCUT2D eigenvalue weighted by Crippen LogP contribution is 2.49. The maximum absolute atomic E-state index is 2.43. The average Bonchev–Trinajstić information content (AvgIpc) is 3.72. The molecule has 2 heterocycles. The van der Waals surface area contributed by atoms with Crippen molar-refractivity contribution in [1.82, 2.24) is 0 Å². The van der Waals surface area contributed by atoms with Gasteiger partial charge in [-0.25, -0.2) is 0 Å². The minimum atomic E-state index is 1.22. The van der Waals surface area contributed by atoms with Gasteiger partial charge in [0.05, 0.1) is 0 Å². The summed E-state index contributed by atoms with van der Waals surface area (Å²) in [5, 5.41) is 13.1. The minimum Gasteiger partial charge on any atom is -0.135 e. The third-order valence-corrected chi connectivity index (χ3v) is 12.1. The van der Waals surface area contributed by atoms with Crippen molar-refractivity contribution >= 4 is 95.3 Å². The lowest BCUT2D eigenvalue weighted by Crippen LogP contribution is -1.84. The van der Waals surface area contributed by atoms with Crippen LogP contribution in [0.2, 0.25) is 0 Å². The van der Waals surface area contributed by atoms with Gasteiger partial charge in [-0.15, -0.1) is 22.7 Å². The van der Waals surface area contributed by atoms with Crippen LogP contribution in [0.1, 0.15) is 0 Å². The van der Waals surface area contributed by atoms with Crippen molar-refractivity contribution < 1.29 is 0 Å². The molecule has 8 aromatic carbocycles. The Morgan fingerprint density at radius 2 is 0.771 bits per heavy atom. The Hall–Kier alpha value is -5.54. The molecule has 224 valence electrons. The minimum absolute atomic E-state index is 1.22. The van der Waals surface area contributed by atoms with Gasteiger partial charge in [0.2, 0.25) is 0 Å². The van der Waals surface area contributed by atoms with Gasteiger partial charge in [0.25, 0.3) is 0 Å². The highest BCUT2D eigenvalue weighted by molar-refractivity contribution is 7.29. The average molecular weight is 645 g/mol. The van der Waals surface area contributed by atoms with Crippen molar-refractivity contribution in [3.8, 4) is 22.3 Å². The van der Waals surface area contributed by atoms with Gasteiger partial charge in [-0.3, -0.25) is 0 Å². The van der Waals surface area contributed by atoms with Crippen molar-refractivity contribution in [2.24, 2.45) is 0 Å². The molecule has 10 rings (SSSR count). The van der Waals surface area contributed by atoms with E-state index in [1.54, 1.807) is 0 Å². The van der Waals surface area contributed by atoms with E-state index in [4.69, 9.17) is 0 Å². The zero-order valence-corrected chi connectivity index (χ0v) is 27.6. The topological polar surface area (TPSA) is 0 Å². The zero-order chi connectivity index (χ0) is 31.6. The monoisotopic (exact) mass is 644 g/mol. The molecule has 0 amide bonds. The van der Waals surface area contributed by atoms with Crippen LogP contribution in [0.25, 0.3) is 94.9 Å². The fourth-order valence-corrected chi connectivity index (χ4v) is 10.1. The summed E-state index contributed by atoms with van der Waals surface area (Å²) in [6, 6.07) is 62.3. The SMILES string of the molecule is c1cccc(-c2cccc3ccccc23)c2ccccc2c(-c2ccc3c(c2)sc2c4ccccc4c4sc5ccccc5c4c32)cc1. The summed E-state index contributed by atoms with van der Waals surface area (Å²) >= 11 is 3.85. The lowest BCUT2D eigenvalue weighted by atomic mass is 9.92. The number of hydrogen-bond donors (Lipinski definition) is 0. The molecule has 0 aliphatic rings. The smallest absolute Gasteiger partial charge is 0.0441 e. The summed E-state index contributed by atoms with van der Waals surface area (Å²) in [6.45, 7) is 0. The molecular formula is C46H28S2. The van der Waals surface area contributed by atoms with E-state index in [1.165, 1.54) is 94.9 Å². The van der Waals surface area contributed by atoms with Crippen LogP contribution < -0.4 is 0 Å². The Bertz CT molecular complexity index is 2950. The summed E-state index contributed by atoms with van der Waals surface area (Å²) < 4.78 is 5.43. The lowest BCUT2D eigenvalue weighted by molar-refractivity contribution is 1.67. The van der Waals surface area contributed by atoms with Gasteiger partial charge < -0.3 is 0 Å². The molecule has 0 aliphatic heterocycles. The molecule has 0 aliphatic carbocycles. The van der Waals surface area contributed by atoms with Crippen molar-refractivity contribution in [1.29, 1.82) is 0 Å². The Morgan fingerprint density at radius 1 is 0.292 bits per heavy atom. The second kappa shape index (κ2) is 11.0. The fourth-order valence-electron chi connectivity index (χ4n) is 7.58. The first-order valence-corrected chi connectivity index (χ1v) is 18.0. The van der Waals surface area contributed by atoms with E-state index >= 15 is 0 Å². The number of thiophene rings is 2. The largest absolute Gasteiger partial charge is 0.135 e. The third-order valence-electron chi connectivity index (χ3n) is 9.71. The molecule has 0 bridgehead atoms. The summed E-state index contributed by atoms with van der Waals surface area (Å²) in [7, 11) is 0. The van der Waals surface area contributed by atoms with Crippen LogP contribution in [-0.4, -0.2) is 0 Å². The van der Waals surface area contributed by atoms with E-state index in [0.717, 1.165) is 0 Å². The molecule has 10 aromatic rings. The molecule has 0 atom stereocenters. The Morgan fingerprint density at radius 3 is 1.52 bits per heavy atom. The molecule has 0 nitrogen and oxygen atoms in total. The molecule has 2 heteroatoms. The Kier molecular flexibility index (Phi) is 6.33. The van der Waals surface area contributed by atoms with E-state index in [0.29, 0.717) is 0 Å². The molecule has 0 saturated carbocycles. The highest BCUT2D eigenvalue weighted by Gasteiger charge is 2.19. The van der Waals surface area contributed by atoms with Gasteiger partial charge in [-0.2, -0.15) is 0 Å². The number of hydrogen-bond acceptors (Lipinski definition) is 2. The van der Waals surface area contributed by atoms with Gasteiger partial charge in [-0.05, 0) is 55.9 Å². The number of rotatable bonds is 2.